The van der Waals surface area contributed by atoms with Crippen LogP contribution in [-0.2, 0) is 0 Å². The van der Waals surface area contributed by atoms with Crippen LogP contribution in [-0.4, -0.2) is 20.8 Å². The van der Waals surface area contributed by atoms with Crippen LogP contribution in [0.3, 0.4) is 0 Å². The van der Waals surface area contributed by atoms with Crippen LogP contribution in [0.2, 0.25) is 0 Å². The number of fused-ring (bicyclic) bond motifs is 3. The molecule has 1 aliphatic rings. The van der Waals surface area contributed by atoms with Gasteiger partial charge in [0.1, 0.15) is 0 Å². The van der Waals surface area contributed by atoms with E-state index in [0.29, 0.717) is 5.92 Å². The topological polar surface area (TPSA) is 38.1 Å². The van der Waals surface area contributed by atoms with Crippen LogP contribution in [0.4, 0.5) is 0 Å². The van der Waals surface area contributed by atoms with Crippen molar-refractivity contribution in [3.63, 3.8) is 0 Å². The number of benzene rings is 1. The molecule has 0 radical (unpaired) electrons. The highest BCUT2D eigenvalue weighted by atomic mass is 16.3. The molecule has 2 unspecified atom stereocenters. The Balaban J connectivity index is 0.00000100. The molecule has 3 rings (SSSR count). The van der Waals surface area contributed by atoms with Crippen LogP contribution in [0.1, 0.15) is 59.6 Å². The predicted octanol–water partition coefficient (Wildman–Crippen LogP) is 5.16. The van der Waals surface area contributed by atoms with Crippen molar-refractivity contribution in [2.45, 2.75) is 60.1 Å². The zero-order valence-electron chi connectivity index (χ0n) is 15.9. The number of aliphatic hydroxyl groups is 1. The molecule has 0 fully saturated rings. The molecule has 1 aromatic heterocycles. The molecule has 0 bridgehead atoms. The maximum absolute atomic E-state index is 10.9. The van der Waals surface area contributed by atoms with Crippen LogP contribution in [0.25, 0.3) is 11.3 Å². The molecule has 0 saturated heterocycles. The number of aliphatic hydroxyl groups excluding tert-OH is 1. The Kier molecular flexibility index (Phi) is 6.22. The Morgan fingerprint density at radius 2 is 1.79 bits per heavy atom. The van der Waals surface area contributed by atoms with E-state index in [9.17, 15) is 5.11 Å². The molecule has 24 heavy (non-hydrogen) atoms. The van der Waals surface area contributed by atoms with Crippen molar-refractivity contribution in [2.75, 3.05) is 0 Å². The summed E-state index contributed by atoms with van der Waals surface area (Å²) in [6.07, 6.45) is 4.55. The lowest BCUT2D eigenvalue weighted by molar-refractivity contribution is 0.0364. The van der Waals surface area contributed by atoms with E-state index >= 15 is 0 Å². The third-order valence-electron chi connectivity index (χ3n) is 4.79. The first kappa shape index (κ1) is 18.7. The van der Waals surface area contributed by atoms with Gasteiger partial charge in [0.2, 0.25) is 0 Å². The van der Waals surface area contributed by atoms with E-state index in [0.717, 1.165) is 6.42 Å². The molecule has 3 heteroatoms. The summed E-state index contributed by atoms with van der Waals surface area (Å²) >= 11 is 0. The number of rotatable bonds is 5. The standard InChI is InChI=1S/C19H26N2O.C2H6/c1-12(2)9-16(19(22)13(3)4)18-15-8-6-5-7-14(15)17-10-20-11-21(17)18;1-2/h5-8,10-13,16,18-19,22H,9H2,1-4H3;1-2H3/t16-,18?,19?;/m0./s1. The highest BCUT2D eigenvalue weighted by molar-refractivity contribution is 5.69. The Morgan fingerprint density at radius 1 is 1.12 bits per heavy atom. The predicted molar refractivity (Wildman–Crippen MR) is 101 cm³/mol. The molecular formula is C21H32N2O. The van der Waals surface area contributed by atoms with Gasteiger partial charge in [0.05, 0.1) is 30.4 Å². The molecule has 0 aliphatic carbocycles. The minimum absolute atomic E-state index is 0.188. The van der Waals surface area contributed by atoms with Gasteiger partial charge in [-0.05, 0) is 23.8 Å². The summed E-state index contributed by atoms with van der Waals surface area (Å²) in [4.78, 5) is 4.34. The number of hydrogen-bond acceptors (Lipinski definition) is 2. The van der Waals surface area contributed by atoms with Gasteiger partial charge in [0.25, 0.3) is 0 Å². The lowest BCUT2D eigenvalue weighted by Gasteiger charge is -2.33. The average molecular weight is 329 g/mol. The summed E-state index contributed by atoms with van der Waals surface area (Å²) in [7, 11) is 0. The quantitative estimate of drug-likeness (QED) is 0.823. The fourth-order valence-corrected chi connectivity index (χ4v) is 3.80. The van der Waals surface area contributed by atoms with E-state index in [1.165, 1.54) is 16.8 Å². The minimum Gasteiger partial charge on any atom is -0.392 e. The third kappa shape index (κ3) is 3.41. The lowest BCUT2D eigenvalue weighted by atomic mass is 9.79. The summed E-state index contributed by atoms with van der Waals surface area (Å²) in [5.41, 5.74) is 3.75. The van der Waals surface area contributed by atoms with Crippen LogP contribution in [0.5, 0.6) is 0 Å². The largest absolute Gasteiger partial charge is 0.392 e. The van der Waals surface area contributed by atoms with Gasteiger partial charge in [-0.1, -0.05) is 65.8 Å². The monoisotopic (exact) mass is 328 g/mol. The van der Waals surface area contributed by atoms with E-state index in [1.54, 1.807) is 0 Å². The van der Waals surface area contributed by atoms with Crippen molar-refractivity contribution < 1.29 is 5.11 Å². The molecule has 1 aliphatic heterocycles. The molecule has 2 heterocycles. The second-order valence-corrected chi connectivity index (χ2v) is 7.25. The van der Waals surface area contributed by atoms with Gasteiger partial charge in [0.15, 0.2) is 0 Å². The molecule has 0 saturated carbocycles. The highest BCUT2D eigenvalue weighted by Gasteiger charge is 2.38. The fraction of sp³-hybridized carbons (Fsp3) is 0.571. The Morgan fingerprint density at radius 3 is 2.42 bits per heavy atom. The molecule has 3 atom stereocenters. The van der Waals surface area contributed by atoms with E-state index in [4.69, 9.17) is 0 Å². The van der Waals surface area contributed by atoms with E-state index in [1.807, 2.05) is 26.4 Å². The average Bonchev–Trinajstić information content (AvgIpc) is 3.14. The maximum atomic E-state index is 10.9. The van der Waals surface area contributed by atoms with Crippen molar-refractivity contribution in [2.24, 2.45) is 17.8 Å². The first-order valence-electron chi connectivity index (χ1n) is 9.30. The number of imidazole rings is 1. The second kappa shape index (κ2) is 7.98. The molecule has 0 spiro atoms. The van der Waals surface area contributed by atoms with E-state index < -0.39 is 0 Å². The van der Waals surface area contributed by atoms with Crippen molar-refractivity contribution in [3.05, 3.63) is 42.4 Å². The summed E-state index contributed by atoms with van der Waals surface area (Å²) in [5.74, 6) is 1.01. The van der Waals surface area contributed by atoms with E-state index in [-0.39, 0.29) is 24.0 Å². The third-order valence-corrected chi connectivity index (χ3v) is 4.79. The van der Waals surface area contributed by atoms with Crippen molar-refractivity contribution in [3.8, 4) is 11.3 Å². The normalized spacial score (nSPS) is 18.0. The summed E-state index contributed by atoms with van der Waals surface area (Å²) in [6.45, 7) is 12.7. The first-order valence-corrected chi connectivity index (χ1v) is 9.30. The van der Waals surface area contributed by atoms with Gasteiger partial charge in [-0.3, -0.25) is 0 Å². The molecule has 1 N–H and O–H groups in total. The van der Waals surface area contributed by atoms with Crippen molar-refractivity contribution in [1.82, 2.24) is 9.55 Å². The molecule has 2 aromatic rings. The first-order chi connectivity index (χ1) is 11.5. The van der Waals surface area contributed by atoms with Gasteiger partial charge < -0.3 is 9.67 Å². The number of nitrogens with zero attached hydrogens (tertiary/aromatic N) is 2. The van der Waals surface area contributed by atoms with Crippen LogP contribution in [0, 0.1) is 17.8 Å². The minimum atomic E-state index is -0.311. The van der Waals surface area contributed by atoms with Crippen LogP contribution < -0.4 is 0 Å². The lowest BCUT2D eigenvalue weighted by Crippen LogP contribution is -2.34. The van der Waals surface area contributed by atoms with Gasteiger partial charge in [-0.25, -0.2) is 4.98 Å². The van der Waals surface area contributed by atoms with E-state index in [2.05, 4.69) is 61.5 Å². The van der Waals surface area contributed by atoms with Crippen LogP contribution >= 0.6 is 0 Å². The molecule has 0 amide bonds. The van der Waals surface area contributed by atoms with Gasteiger partial charge in [0, 0.05) is 11.5 Å². The number of hydrogen-bond donors (Lipinski definition) is 1. The molecule has 132 valence electrons. The van der Waals surface area contributed by atoms with Gasteiger partial charge >= 0.3 is 0 Å². The fourth-order valence-electron chi connectivity index (χ4n) is 3.80. The Labute approximate surface area is 146 Å². The number of aromatic nitrogens is 2. The molecule has 1 aromatic carbocycles. The van der Waals surface area contributed by atoms with Crippen molar-refractivity contribution in [1.29, 1.82) is 0 Å². The van der Waals surface area contributed by atoms with Gasteiger partial charge in [-0.15, -0.1) is 0 Å². The summed E-state index contributed by atoms with van der Waals surface area (Å²) in [6, 6.07) is 8.73. The smallest absolute Gasteiger partial charge is 0.0956 e. The molecule has 3 nitrogen and oxygen atoms in total. The highest BCUT2D eigenvalue weighted by Crippen LogP contribution is 2.46. The Hall–Kier alpha value is -1.61. The maximum Gasteiger partial charge on any atom is 0.0956 e. The zero-order valence-corrected chi connectivity index (χ0v) is 15.9. The van der Waals surface area contributed by atoms with Gasteiger partial charge in [-0.2, -0.15) is 0 Å². The SMILES string of the molecule is CC.CC(C)C[C@H](C(O)C(C)C)C1c2ccccc2-c2cncn21. The second-order valence-electron chi connectivity index (χ2n) is 7.25. The summed E-state index contributed by atoms with van der Waals surface area (Å²) < 4.78 is 2.25. The summed E-state index contributed by atoms with van der Waals surface area (Å²) in [5, 5.41) is 10.9. The van der Waals surface area contributed by atoms with Crippen molar-refractivity contribution >= 4 is 0 Å². The zero-order chi connectivity index (χ0) is 17.9. The molecular weight excluding hydrogens is 296 g/mol. The Bertz CT molecular complexity index is 645. The van der Waals surface area contributed by atoms with Crippen LogP contribution in [0.15, 0.2) is 36.8 Å².